The van der Waals surface area contributed by atoms with Crippen molar-refractivity contribution >= 4 is 34.0 Å². The summed E-state index contributed by atoms with van der Waals surface area (Å²) in [5.74, 6) is 1.49. The normalized spacial score (nSPS) is 16.7. The summed E-state index contributed by atoms with van der Waals surface area (Å²) in [6.45, 7) is 4.04. The van der Waals surface area contributed by atoms with Crippen LogP contribution in [0.4, 0.5) is 11.6 Å². The smallest absolute Gasteiger partial charge is 0.232 e. The van der Waals surface area contributed by atoms with Gasteiger partial charge in [0, 0.05) is 6.54 Å². The number of amides is 1. The van der Waals surface area contributed by atoms with Gasteiger partial charge in [-0.3, -0.25) is 4.79 Å². The molecule has 1 aliphatic heterocycles. The van der Waals surface area contributed by atoms with E-state index in [1.807, 2.05) is 25.1 Å². The fourth-order valence-electron chi connectivity index (χ4n) is 2.75. The SMILES string of the molecule is CCOc1nc(Nc2ccc(C3CN(C=O)CCO3)cc2OC)ncc1Br. The van der Waals surface area contributed by atoms with E-state index < -0.39 is 0 Å². The zero-order chi connectivity index (χ0) is 19.2. The molecule has 1 N–H and O–H groups in total. The van der Waals surface area contributed by atoms with Crippen LogP contribution in [0.15, 0.2) is 28.9 Å². The lowest BCUT2D eigenvalue weighted by molar-refractivity contribution is -0.125. The van der Waals surface area contributed by atoms with E-state index in [4.69, 9.17) is 14.2 Å². The quantitative estimate of drug-likeness (QED) is 0.667. The Bertz CT molecular complexity index is 805. The maximum atomic E-state index is 11.0. The monoisotopic (exact) mass is 436 g/mol. The van der Waals surface area contributed by atoms with Crippen LogP contribution in [-0.4, -0.2) is 54.7 Å². The average Bonchev–Trinajstić information content (AvgIpc) is 2.71. The molecule has 0 bridgehead atoms. The third-order valence-electron chi connectivity index (χ3n) is 4.08. The molecule has 8 nitrogen and oxygen atoms in total. The van der Waals surface area contributed by atoms with Crippen molar-refractivity contribution in [2.24, 2.45) is 0 Å². The van der Waals surface area contributed by atoms with Gasteiger partial charge in [0.05, 0.1) is 43.2 Å². The topological polar surface area (TPSA) is 85.8 Å². The lowest BCUT2D eigenvalue weighted by Gasteiger charge is -2.30. The lowest BCUT2D eigenvalue weighted by Crippen LogP contribution is -2.37. The number of anilines is 2. The number of aromatic nitrogens is 2. The Labute approximate surface area is 166 Å². The maximum absolute atomic E-state index is 11.0. The molecule has 0 spiro atoms. The average molecular weight is 437 g/mol. The minimum Gasteiger partial charge on any atom is -0.495 e. The molecule has 1 atom stereocenters. The molecule has 1 fully saturated rings. The molecule has 3 rings (SSSR count). The van der Waals surface area contributed by atoms with E-state index in [-0.39, 0.29) is 6.10 Å². The van der Waals surface area contributed by atoms with Gasteiger partial charge < -0.3 is 24.4 Å². The van der Waals surface area contributed by atoms with E-state index in [0.29, 0.717) is 54.0 Å². The van der Waals surface area contributed by atoms with Crippen LogP contribution in [0.1, 0.15) is 18.6 Å². The van der Waals surface area contributed by atoms with Crippen molar-refractivity contribution in [1.29, 1.82) is 0 Å². The van der Waals surface area contributed by atoms with Crippen molar-refractivity contribution in [3.8, 4) is 11.6 Å². The minimum absolute atomic E-state index is 0.180. The molecular weight excluding hydrogens is 416 g/mol. The van der Waals surface area contributed by atoms with Gasteiger partial charge in [-0.2, -0.15) is 4.98 Å². The summed E-state index contributed by atoms with van der Waals surface area (Å²) in [5.41, 5.74) is 1.66. The Hall–Kier alpha value is -2.39. The van der Waals surface area contributed by atoms with E-state index >= 15 is 0 Å². The van der Waals surface area contributed by atoms with Crippen molar-refractivity contribution in [3.05, 3.63) is 34.4 Å². The van der Waals surface area contributed by atoms with Gasteiger partial charge in [-0.15, -0.1) is 0 Å². The highest BCUT2D eigenvalue weighted by Crippen LogP contribution is 2.33. The van der Waals surface area contributed by atoms with Gasteiger partial charge >= 0.3 is 0 Å². The van der Waals surface area contributed by atoms with Crippen molar-refractivity contribution in [3.63, 3.8) is 0 Å². The van der Waals surface area contributed by atoms with Gasteiger partial charge in [0.1, 0.15) is 11.9 Å². The first-order valence-electron chi connectivity index (χ1n) is 8.55. The Morgan fingerprint density at radius 3 is 3.07 bits per heavy atom. The number of morpholine rings is 1. The molecule has 0 aliphatic carbocycles. The van der Waals surface area contributed by atoms with E-state index in [1.54, 1.807) is 18.2 Å². The predicted molar refractivity (Wildman–Crippen MR) is 104 cm³/mol. The number of hydrogen-bond acceptors (Lipinski definition) is 7. The maximum Gasteiger partial charge on any atom is 0.232 e. The number of nitrogens with zero attached hydrogens (tertiary/aromatic N) is 3. The molecule has 1 aliphatic rings. The molecular formula is C18H21BrN4O4. The van der Waals surface area contributed by atoms with Crippen LogP contribution in [0.5, 0.6) is 11.6 Å². The van der Waals surface area contributed by atoms with Gasteiger partial charge in [-0.05, 0) is 40.5 Å². The molecule has 9 heteroatoms. The van der Waals surface area contributed by atoms with Crippen molar-refractivity contribution in [2.45, 2.75) is 13.0 Å². The highest BCUT2D eigenvalue weighted by Gasteiger charge is 2.22. The number of carbonyl (C=O) groups excluding carboxylic acids is 1. The second-order valence-electron chi connectivity index (χ2n) is 5.82. The number of methoxy groups -OCH3 is 1. The van der Waals surface area contributed by atoms with Gasteiger partial charge in [-0.25, -0.2) is 4.98 Å². The number of rotatable bonds is 7. The van der Waals surface area contributed by atoms with Crippen molar-refractivity contribution in [2.75, 3.05) is 38.7 Å². The highest BCUT2D eigenvalue weighted by molar-refractivity contribution is 9.10. The first kappa shape index (κ1) is 19.4. The van der Waals surface area contributed by atoms with E-state index in [1.165, 1.54) is 0 Å². The summed E-state index contributed by atoms with van der Waals surface area (Å²) < 4.78 is 17.5. The molecule has 1 amide bonds. The Balaban J connectivity index is 1.80. The van der Waals surface area contributed by atoms with Crippen LogP contribution in [0.25, 0.3) is 0 Å². The number of hydrogen-bond donors (Lipinski definition) is 1. The third-order valence-corrected chi connectivity index (χ3v) is 4.63. The molecule has 1 unspecified atom stereocenters. The van der Waals surface area contributed by atoms with Crippen LogP contribution in [-0.2, 0) is 9.53 Å². The minimum atomic E-state index is -0.180. The summed E-state index contributed by atoms with van der Waals surface area (Å²) in [7, 11) is 1.60. The molecule has 2 aromatic rings. The van der Waals surface area contributed by atoms with Gasteiger partial charge in [0.25, 0.3) is 0 Å². The van der Waals surface area contributed by atoms with Crippen molar-refractivity contribution in [1.82, 2.24) is 14.9 Å². The molecule has 1 aromatic carbocycles. The molecule has 1 aromatic heterocycles. The Kier molecular flexibility index (Phi) is 6.46. The molecule has 1 saturated heterocycles. The summed E-state index contributed by atoms with van der Waals surface area (Å²) in [6, 6.07) is 5.71. The first-order chi connectivity index (χ1) is 13.1. The van der Waals surface area contributed by atoms with E-state index in [2.05, 4.69) is 31.2 Å². The van der Waals surface area contributed by atoms with Crippen molar-refractivity contribution < 1.29 is 19.0 Å². The largest absolute Gasteiger partial charge is 0.495 e. The molecule has 2 heterocycles. The predicted octanol–water partition coefficient (Wildman–Crippen LogP) is 2.92. The summed E-state index contributed by atoms with van der Waals surface area (Å²) in [4.78, 5) is 21.3. The number of carbonyl (C=O) groups is 1. The van der Waals surface area contributed by atoms with Gasteiger partial charge in [0.2, 0.25) is 18.2 Å². The zero-order valence-corrected chi connectivity index (χ0v) is 16.7. The van der Waals surface area contributed by atoms with Crippen LogP contribution in [0.2, 0.25) is 0 Å². The van der Waals surface area contributed by atoms with Crippen LogP contribution in [0.3, 0.4) is 0 Å². The second kappa shape index (κ2) is 9.01. The molecule has 0 radical (unpaired) electrons. The molecule has 0 saturated carbocycles. The standard InChI is InChI=1S/C18H21BrN4O4/c1-3-26-17-13(19)9-20-18(22-17)21-14-5-4-12(8-15(14)25-2)16-10-23(11-24)6-7-27-16/h4-5,8-9,11,16H,3,6-7,10H2,1-2H3,(H,20,21,22). The van der Waals surface area contributed by atoms with Crippen LogP contribution >= 0.6 is 15.9 Å². The van der Waals surface area contributed by atoms with E-state index in [9.17, 15) is 4.79 Å². The highest BCUT2D eigenvalue weighted by atomic mass is 79.9. The van der Waals surface area contributed by atoms with Crippen LogP contribution < -0.4 is 14.8 Å². The number of halogens is 1. The van der Waals surface area contributed by atoms with Gasteiger partial charge in [0.15, 0.2) is 0 Å². The second-order valence-corrected chi connectivity index (χ2v) is 6.68. The third kappa shape index (κ3) is 4.67. The summed E-state index contributed by atoms with van der Waals surface area (Å²) in [5, 5.41) is 3.14. The molecule has 27 heavy (non-hydrogen) atoms. The lowest BCUT2D eigenvalue weighted by atomic mass is 10.1. The number of benzene rings is 1. The molecule has 144 valence electrons. The first-order valence-corrected chi connectivity index (χ1v) is 9.35. The van der Waals surface area contributed by atoms with E-state index in [0.717, 1.165) is 12.0 Å². The number of ether oxygens (including phenoxy) is 3. The zero-order valence-electron chi connectivity index (χ0n) is 15.1. The Morgan fingerprint density at radius 2 is 2.33 bits per heavy atom. The fourth-order valence-corrected chi connectivity index (χ4v) is 3.05. The fraction of sp³-hybridized carbons (Fsp3) is 0.389. The summed E-state index contributed by atoms with van der Waals surface area (Å²) >= 11 is 3.36. The van der Waals surface area contributed by atoms with Gasteiger partial charge in [-0.1, -0.05) is 6.07 Å². The van der Waals surface area contributed by atoms with Crippen LogP contribution in [0, 0.1) is 0 Å². The summed E-state index contributed by atoms with van der Waals surface area (Å²) in [6.07, 6.45) is 2.30. The Morgan fingerprint density at radius 1 is 1.48 bits per heavy atom. The number of nitrogens with one attached hydrogen (secondary N) is 1.